The molecule has 9 saturated carbocycles. The van der Waals surface area contributed by atoms with E-state index >= 15 is 0 Å². The molecule has 282 valence electrons. The summed E-state index contributed by atoms with van der Waals surface area (Å²) in [4.78, 5) is 34.6. The standard InChI is InChI=1S/C18H26O2.C14H20O2.C13H20O2/c1-10(2)17(19)20-9-18(3)8-13-7-14(18)16-12-5-4-11(6-12)15(13)16;1-8(2)14(15)16-13-7-9-6-12(13)11-5-3-4-10(9)11;1-9(2)12(14)15-8-13(3)7-10-4-5-11(13)6-10/h11-16H,1,4-9H2,2-3H3;9-13H,1,3-7H2,2H3;10-11H,1,4-8H2,2-3H3. The van der Waals surface area contributed by atoms with Crippen molar-refractivity contribution in [2.75, 3.05) is 13.2 Å². The number of carbonyl (C=O) groups excluding carboxylic acids is 3. The summed E-state index contributed by atoms with van der Waals surface area (Å²) in [5.41, 5.74) is 2.04. The Morgan fingerprint density at radius 1 is 0.588 bits per heavy atom. The summed E-state index contributed by atoms with van der Waals surface area (Å²) in [5, 5.41) is 0. The lowest BCUT2D eigenvalue weighted by molar-refractivity contribution is -0.148. The summed E-state index contributed by atoms with van der Waals surface area (Å²) >= 11 is 0. The molecule has 0 amide bonds. The predicted molar refractivity (Wildman–Crippen MR) is 199 cm³/mol. The van der Waals surface area contributed by atoms with Crippen molar-refractivity contribution in [1.82, 2.24) is 0 Å². The summed E-state index contributed by atoms with van der Waals surface area (Å²) in [6, 6.07) is 0. The second-order valence-corrected chi connectivity index (χ2v) is 19.8. The highest BCUT2D eigenvalue weighted by Gasteiger charge is 2.65. The van der Waals surface area contributed by atoms with Crippen LogP contribution in [0.5, 0.6) is 0 Å². The van der Waals surface area contributed by atoms with E-state index in [0.29, 0.717) is 35.9 Å². The van der Waals surface area contributed by atoms with E-state index in [1.165, 1.54) is 83.5 Å². The van der Waals surface area contributed by atoms with Gasteiger partial charge in [0.2, 0.25) is 0 Å². The predicted octanol–water partition coefficient (Wildman–Crippen LogP) is 9.68. The molecule has 6 nitrogen and oxygen atoms in total. The van der Waals surface area contributed by atoms with E-state index in [-0.39, 0.29) is 34.8 Å². The molecule has 0 aromatic heterocycles. The van der Waals surface area contributed by atoms with Crippen molar-refractivity contribution < 1.29 is 28.6 Å². The molecule has 0 N–H and O–H groups in total. The van der Waals surface area contributed by atoms with Crippen molar-refractivity contribution in [2.24, 2.45) is 81.8 Å². The average molecular weight is 703 g/mol. The van der Waals surface area contributed by atoms with Gasteiger partial charge in [-0.1, -0.05) is 46.4 Å². The van der Waals surface area contributed by atoms with E-state index in [1.54, 1.807) is 20.8 Å². The molecule has 0 aromatic carbocycles. The average Bonchev–Trinajstić information content (AvgIpc) is 3.92. The molecule has 9 aliphatic carbocycles. The SMILES string of the molecule is C=C(C)C(=O)OC1CC2CC1C1CCCC21.C=C(C)C(=O)OCC1(C)CC2CC1C1C3CCC(C3)C21.C=C(C)C(=O)OCC1(C)CC2CCC1C2. The molecule has 15 atom stereocenters. The van der Waals surface area contributed by atoms with Crippen LogP contribution in [0.1, 0.15) is 125 Å². The van der Waals surface area contributed by atoms with Crippen LogP contribution in [-0.4, -0.2) is 37.2 Å². The lowest BCUT2D eigenvalue weighted by Crippen LogP contribution is -2.41. The molecule has 15 unspecified atom stereocenters. The van der Waals surface area contributed by atoms with Crippen molar-refractivity contribution in [1.29, 1.82) is 0 Å². The Morgan fingerprint density at radius 3 is 1.82 bits per heavy atom. The maximum atomic E-state index is 11.7. The molecule has 0 aromatic rings. The fourth-order valence-electron chi connectivity index (χ4n) is 14.2. The molecule has 0 saturated heterocycles. The second-order valence-electron chi connectivity index (χ2n) is 19.8. The molecule has 51 heavy (non-hydrogen) atoms. The number of carbonyl (C=O) groups is 3. The molecule has 9 aliphatic rings. The van der Waals surface area contributed by atoms with Gasteiger partial charge in [0.25, 0.3) is 0 Å². The fourth-order valence-corrected chi connectivity index (χ4v) is 14.2. The summed E-state index contributed by atoms with van der Waals surface area (Å²) in [6.45, 7) is 21.9. The molecule has 9 rings (SSSR count). The first-order chi connectivity index (χ1) is 24.2. The number of fused-ring (bicyclic) bond motifs is 16. The number of hydrogen-bond donors (Lipinski definition) is 0. The Labute approximate surface area is 308 Å². The third kappa shape index (κ3) is 6.93. The van der Waals surface area contributed by atoms with Crippen molar-refractivity contribution in [3.05, 3.63) is 36.5 Å². The summed E-state index contributed by atoms with van der Waals surface area (Å²) in [5.74, 6) is 10.1. The lowest BCUT2D eigenvalue weighted by atomic mass is 9.62. The molecular weight excluding hydrogens is 636 g/mol. The fraction of sp³-hybridized carbons (Fsp3) is 0.800. The number of hydrogen-bond acceptors (Lipinski definition) is 6. The minimum atomic E-state index is -0.237. The van der Waals surface area contributed by atoms with E-state index in [9.17, 15) is 14.4 Å². The van der Waals surface area contributed by atoms with E-state index in [1.807, 2.05) is 0 Å². The zero-order chi connectivity index (χ0) is 36.4. The normalized spacial score (nSPS) is 45.2. The molecule has 0 radical (unpaired) electrons. The molecule has 0 spiro atoms. The van der Waals surface area contributed by atoms with E-state index in [4.69, 9.17) is 14.2 Å². The van der Waals surface area contributed by atoms with Crippen LogP contribution in [0.2, 0.25) is 0 Å². The van der Waals surface area contributed by atoms with Crippen LogP contribution in [0.25, 0.3) is 0 Å². The van der Waals surface area contributed by atoms with Gasteiger partial charge >= 0.3 is 17.9 Å². The van der Waals surface area contributed by atoms with Crippen LogP contribution in [0.15, 0.2) is 36.5 Å². The zero-order valence-corrected chi connectivity index (χ0v) is 32.4. The number of esters is 3. The zero-order valence-electron chi connectivity index (χ0n) is 32.4. The highest BCUT2D eigenvalue weighted by molar-refractivity contribution is 5.87. The van der Waals surface area contributed by atoms with E-state index in [2.05, 4.69) is 33.6 Å². The van der Waals surface area contributed by atoms with Gasteiger partial charge in [0.1, 0.15) is 6.10 Å². The molecule has 9 fully saturated rings. The van der Waals surface area contributed by atoms with Gasteiger partial charge in [-0.3, -0.25) is 0 Å². The minimum Gasteiger partial charge on any atom is -0.462 e. The van der Waals surface area contributed by atoms with Crippen LogP contribution in [0.3, 0.4) is 0 Å². The minimum absolute atomic E-state index is 0.188. The van der Waals surface area contributed by atoms with Gasteiger partial charge < -0.3 is 14.2 Å². The highest BCUT2D eigenvalue weighted by Crippen LogP contribution is 2.72. The first-order valence-corrected chi connectivity index (χ1v) is 20.7. The summed E-state index contributed by atoms with van der Waals surface area (Å²) in [7, 11) is 0. The van der Waals surface area contributed by atoms with Crippen molar-refractivity contribution in [3.8, 4) is 0 Å². The van der Waals surface area contributed by atoms with E-state index < -0.39 is 0 Å². The van der Waals surface area contributed by atoms with E-state index in [0.717, 1.165) is 71.5 Å². The maximum absolute atomic E-state index is 11.7. The lowest BCUT2D eigenvalue weighted by Gasteiger charge is -2.44. The van der Waals surface area contributed by atoms with Gasteiger partial charge in [-0.15, -0.1) is 0 Å². The Hall–Kier alpha value is -2.37. The van der Waals surface area contributed by atoms with Gasteiger partial charge in [0.05, 0.1) is 13.2 Å². The second kappa shape index (κ2) is 14.1. The number of ether oxygens (including phenoxy) is 3. The Morgan fingerprint density at radius 2 is 1.22 bits per heavy atom. The number of rotatable bonds is 8. The molecular formula is C45H66O6. The van der Waals surface area contributed by atoms with Gasteiger partial charge in [-0.05, 0) is 169 Å². The molecule has 6 heteroatoms. The highest BCUT2D eigenvalue weighted by atomic mass is 16.5. The van der Waals surface area contributed by atoms with Gasteiger partial charge in [-0.25, -0.2) is 14.4 Å². The Balaban J connectivity index is 0.000000121. The maximum Gasteiger partial charge on any atom is 0.333 e. The van der Waals surface area contributed by atoms with Gasteiger partial charge in [-0.2, -0.15) is 0 Å². The Kier molecular flexibility index (Phi) is 10.2. The van der Waals surface area contributed by atoms with Crippen LogP contribution < -0.4 is 0 Å². The van der Waals surface area contributed by atoms with Gasteiger partial charge in [0.15, 0.2) is 0 Å². The van der Waals surface area contributed by atoms with Crippen molar-refractivity contribution >= 4 is 17.9 Å². The Bertz CT molecular complexity index is 1430. The molecule has 0 heterocycles. The van der Waals surface area contributed by atoms with Crippen LogP contribution >= 0.6 is 0 Å². The molecule has 0 aliphatic heterocycles. The van der Waals surface area contributed by atoms with Crippen LogP contribution in [0, 0.1) is 81.8 Å². The summed E-state index contributed by atoms with van der Waals surface area (Å²) in [6.07, 6.45) is 19.3. The first-order valence-electron chi connectivity index (χ1n) is 20.7. The quantitative estimate of drug-likeness (QED) is 0.109. The largest absolute Gasteiger partial charge is 0.462 e. The monoisotopic (exact) mass is 702 g/mol. The van der Waals surface area contributed by atoms with Crippen molar-refractivity contribution in [3.63, 3.8) is 0 Å². The summed E-state index contributed by atoms with van der Waals surface area (Å²) < 4.78 is 16.4. The van der Waals surface area contributed by atoms with Crippen molar-refractivity contribution in [2.45, 2.75) is 131 Å². The van der Waals surface area contributed by atoms with Gasteiger partial charge in [0, 0.05) is 27.5 Å². The third-order valence-electron chi connectivity index (χ3n) is 16.3. The topological polar surface area (TPSA) is 78.9 Å². The smallest absolute Gasteiger partial charge is 0.333 e. The first kappa shape index (κ1) is 37.0. The van der Waals surface area contributed by atoms with Crippen LogP contribution in [-0.2, 0) is 28.6 Å². The van der Waals surface area contributed by atoms with Crippen LogP contribution in [0.4, 0.5) is 0 Å². The third-order valence-corrected chi connectivity index (χ3v) is 16.3. The molecule has 8 bridgehead atoms.